The second kappa shape index (κ2) is 4.92. The van der Waals surface area contributed by atoms with Crippen molar-refractivity contribution in [2.75, 3.05) is 0 Å². The van der Waals surface area contributed by atoms with Gasteiger partial charge in [0.15, 0.2) is 0 Å². The number of aldehydes is 1. The Morgan fingerprint density at radius 3 is 2.87 bits per heavy atom. The van der Waals surface area contributed by atoms with Crippen molar-refractivity contribution in [1.29, 1.82) is 0 Å². The predicted molar refractivity (Wildman–Crippen MR) is 61.6 cm³/mol. The Labute approximate surface area is 98.0 Å². The van der Waals surface area contributed by atoms with Gasteiger partial charge in [-0.05, 0) is 34.7 Å². The van der Waals surface area contributed by atoms with Crippen LogP contribution in [0.15, 0.2) is 16.9 Å². The number of carbonyl (C=O) groups is 1. The molecule has 1 fully saturated rings. The lowest BCUT2D eigenvalue weighted by Crippen LogP contribution is -2.18. The van der Waals surface area contributed by atoms with Gasteiger partial charge in [0.1, 0.15) is 6.29 Å². The monoisotopic (exact) mass is 270 g/mol. The molecule has 0 bridgehead atoms. The summed E-state index contributed by atoms with van der Waals surface area (Å²) in [6.07, 6.45) is 10.4. The maximum atomic E-state index is 10.7. The summed E-state index contributed by atoms with van der Waals surface area (Å²) in [5.74, 6) is 0.627. The molecule has 4 heteroatoms. The topological polar surface area (TPSA) is 34.9 Å². The molecule has 1 aromatic heterocycles. The Bertz CT molecular complexity index is 331. The molecule has 1 aliphatic carbocycles. The second-order valence-corrected chi connectivity index (χ2v) is 5.07. The molecule has 0 aliphatic heterocycles. The van der Waals surface area contributed by atoms with E-state index in [-0.39, 0.29) is 6.04 Å². The molecule has 0 N–H and O–H groups in total. The molecule has 82 valence electrons. The average molecular weight is 271 g/mol. The molecule has 0 saturated heterocycles. The van der Waals surface area contributed by atoms with Crippen molar-refractivity contribution < 1.29 is 4.79 Å². The molecule has 2 rings (SSSR count). The average Bonchev–Trinajstić information content (AvgIpc) is 2.85. The van der Waals surface area contributed by atoms with Gasteiger partial charge >= 0.3 is 0 Å². The highest BCUT2D eigenvalue weighted by atomic mass is 79.9. The summed E-state index contributed by atoms with van der Waals surface area (Å²) in [5, 5.41) is 4.29. The number of nitrogens with zero attached hydrogens (tertiary/aromatic N) is 2. The van der Waals surface area contributed by atoms with E-state index < -0.39 is 0 Å². The first kappa shape index (κ1) is 10.9. The highest BCUT2D eigenvalue weighted by molar-refractivity contribution is 9.10. The van der Waals surface area contributed by atoms with E-state index in [0.29, 0.717) is 12.3 Å². The number of hydrogen-bond acceptors (Lipinski definition) is 2. The molecule has 0 spiro atoms. The Balaban J connectivity index is 2.14. The SMILES string of the molecule is O=CCC(C1CCCC1)n1cc(Br)cn1. The summed E-state index contributed by atoms with van der Waals surface area (Å²) in [6, 6.07) is 0.260. The lowest BCUT2D eigenvalue weighted by Gasteiger charge is -2.21. The van der Waals surface area contributed by atoms with Gasteiger partial charge in [0.05, 0.1) is 16.7 Å². The molecule has 1 unspecified atom stereocenters. The standard InChI is InChI=1S/C11H15BrN2O/c12-10-7-13-14(8-10)11(5-6-15)9-3-1-2-4-9/h6-9,11H,1-5H2. The van der Waals surface area contributed by atoms with Crippen molar-refractivity contribution >= 4 is 22.2 Å². The zero-order valence-corrected chi connectivity index (χ0v) is 10.2. The van der Waals surface area contributed by atoms with E-state index in [0.717, 1.165) is 10.8 Å². The minimum absolute atomic E-state index is 0.260. The molecule has 1 saturated carbocycles. The van der Waals surface area contributed by atoms with Crippen molar-refractivity contribution in [2.45, 2.75) is 38.1 Å². The van der Waals surface area contributed by atoms with Crippen LogP contribution < -0.4 is 0 Å². The number of rotatable bonds is 4. The van der Waals surface area contributed by atoms with E-state index in [4.69, 9.17) is 0 Å². The first-order valence-corrected chi connectivity index (χ1v) is 6.24. The van der Waals surface area contributed by atoms with Gasteiger partial charge in [-0.3, -0.25) is 4.68 Å². The van der Waals surface area contributed by atoms with Crippen LogP contribution in [-0.2, 0) is 4.79 Å². The number of carbonyl (C=O) groups excluding carboxylic acids is 1. The van der Waals surface area contributed by atoms with E-state index in [1.54, 1.807) is 6.20 Å². The lowest BCUT2D eigenvalue weighted by molar-refractivity contribution is -0.108. The zero-order chi connectivity index (χ0) is 10.7. The Hall–Kier alpha value is -0.640. The highest BCUT2D eigenvalue weighted by Crippen LogP contribution is 2.35. The molecule has 0 aromatic carbocycles. The van der Waals surface area contributed by atoms with Crippen LogP contribution in [0, 0.1) is 5.92 Å². The van der Waals surface area contributed by atoms with Crippen molar-refractivity contribution in [1.82, 2.24) is 9.78 Å². The molecule has 1 atom stereocenters. The fourth-order valence-corrected chi connectivity index (χ4v) is 2.75. The smallest absolute Gasteiger partial charge is 0.122 e. The van der Waals surface area contributed by atoms with Crippen LogP contribution in [0.4, 0.5) is 0 Å². The molecule has 0 radical (unpaired) electrons. The van der Waals surface area contributed by atoms with E-state index >= 15 is 0 Å². The zero-order valence-electron chi connectivity index (χ0n) is 8.60. The van der Waals surface area contributed by atoms with Crippen LogP contribution in [-0.4, -0.2) is 16.1 Å². The summed E-state index contributed by atoms with van der Waals surface area (Å²) in [5.41, 5.74) is 0. The highest BCUT2D eigenvalue weighted by Gasteiger charge is 2.26. The lowest BCUT2D eigenvalue weighted by atomic mass is 9.96. The molecular weight excluding hydrogens is 256 g/mol. The molecule has 15 heavy (non-hydrogen) atoms. The Morgan fingerprint density at radius 2 is 2.33 bits per heavy atom. The molecule has 0 amide bonds. The van der Waals surface area contributed by atoms with Crippen LogP contribution in [0.5, 0.6) is 0 Å². The van der Waals surface area contributed by atoms with Crippen molar-refractivity contribution in [3.63, 3.8) is 0 Å². The van der Waals surface area contributed by atoms with Crippen LogP contribution >= 0.6 is 15.9 Å². The van der Waals surface area contributed by atoms with Gasteiger partial charge in [-0.1, -0.05) is 12.8 Å². The van der Waals surface area contributed by atoms with Gasteiger partial charge < -0.3 is 4.79 Å². The second-order valence-electron chi connectivity index (χ2n) is 4.15. The Kier molecular flexibility index (Phi) is 3.57. The van der Waals surface area contributed by atoms with Crippen LogP contribution in [0.2, 0.25) is 0 Å². The minimum atomic E-state index is 0.260. The maximum Gasteiger partial charge on any atom is 0.122 e. The fraction of sp³-hybridized carbons (Fsp3) is 0.636. The summed E-state index contributed by atoms with van der Waals surface area (Å²) >= 11 is 3.39. The van der Waals surface area contributed by atoms with Gasteiger partial charge in [-0.2, -0.15) is 5.10 Å². The van der Waals surface area contributed by atoms with Crippen LogP contribution in [0.1, 0.15) is 38.1 Å². The van der Waals surface area contributed by atoms with Crippen LogP contribution in [0.3, 0.4) is 0 Å². The van der Waals surface area contributed by atoms with Crippen molar-refractivity contribution in [2.24, 2.45) is 5.92 Å². The quantitative estimate of drug-likeness (QED) is 0.789. The van der Waals surface area contributed by atoms with E-state index in [2.05, 4.69) is 21.0 Å². The number of hydrogen-bond donors (Lipinski definition) is 0. The van der Waals surface area contributed by atoms with E-state index in [9.17, 15) is 4.79 Å². The third kappa shape index (κ3) is 2.48. The van der Waals surface area contributed by atoms with Gasteiger partial charge in [-0.15, -0.1) is 0 Å². The summed E-state index contributed by atoms with van der Waals surface area (Å²) in [7, 11) is 0. The molecule has 1 aliphatic rings. The third-order valence-electron chi connectivity index (χ3n) is 3.19. The van der Waals surface area contributed by atoms with Gasteiger partial charge in [0, 0.05) is 12.6 Å². The number of halogens is 1. The van der Waals surface area contributed by atoms with E-state index in [1.165, 1.54) is 25.7 Å². The van der Waals surface area contributed by atoms with Gasteiger partial charge in [-0.25, -0.2) is 0 Å². The first-order valence-electron chi connectivity index (χ1n) is 5.44. The fourth-order valence-electron chi connectivity index (χ4n) is 2.45. The molecule has 1 heterocycles. The third-order valence-corrected chi connectivity index (χ3v) is 3.60. The Morgan fingerprint density at radius 1 is 1.60 bits per heavy atom. The number of aromatic nitrogens is 2. The largest absolute Gasteiger partial charge is 0.303 e. The van der Waals surface area contributed by atoms with Gasteiger partial charge in [0.25, 0.3) is 0 Å². The normalized spacial score (nSPS) is 19.3. The molecule has 3 nitrogen and oxygen atoms in total. The van der Waals surface area contributed by atoms with E-state index in [1.807, 2.05) is 10.9 Å². The predicted octanol–water partition coefficient (Wildman–Crippen LogP) is 2.97. The van der Waals surface area contributed by atoms with Gasteiger partial charge in [0.2, 0.25) is 0 Å². The van der Waals surface area contributed by atoms with Crippen LogP contribution in [0.25, 0.3) is 0 Å². The summed E-state index contributed by atoms with van der Waals surface area (Å²) in [6.45, 7) is 0. The molecular formula is C11H15BrN2O. The minimum Gasteiger partial charge on any atom is -0.303 e. The summed E-state index contributed by atoms with van der Waals surface area (Å²) in [4.78, 5) is 10.7. The van der Waals surface area contributed by atoms with Crippen molar-refractivity contribution in [3.05, 3.63) is 16.9 Å². The first-order chi connectivity index (χ1) is 7.31. The molecule has 1 aromatic rings. The summed E-state index contributed by atoms with van der Waals surface area (Å²) < 4.78 is 2.92. The van der Waals surface area contributed by atoms with Crippen molar-refractivity contribution in [3.8, 4) is 0 Å². The maximum absolute atomic E-state index is 10.7.